The lowest BCUT2D eigenvalue weighted by molar-refractivity contribution is 0.144. The minimum atomic E-state index is -0.0251. The van der Waals surface area contributed by atoms with E-state index in [2.05, 4.69) is 22.5 Å². The Balaban J connectivity index is 1.63. The highest BCUT2D eigenvalue weighted by Crippen LogP contribution is 2.17. The van der Waals surface area contributed by atoms with Crippen LogP contribution < -0.4 is 10.6 Å². The first-order valence-electron chi connectivity index (χ1n) is 8.63. The largest absolute Gasteiger partial charge is 0.381 e. The molecule has 2 heterocycles. The molecule has 2 aliphatic heterocycles. The van der Waals surface area contributed by atoms with Gasteiger partial charge in [0.1, 0.15) is 0 Å². The molecule has 0 aliphatic carbocycles. The number of hydrogen-bond donors (Lipinski definition) is 2. The third-order valence-electron chi connectivity index (χ3n) is 4.62. The maximum Gasteiger partial charge on any atom is 0.314 e. The van der Waals surface area contributed by atoms with E-state index in [4.69, 9.17) is 4.74 Å². The van der Waals surface area contributed by atoms with Gasteiger partial charge in [-0.05, 0) is 38.8 Å². The van der Waals surface area contributed by atoms with Crippen LogP contribution in [0.3, 0.4) is 0 Å². The Morgan fingerprint density at radius 3 is 2.86 bits per heavy atom. The lowest BCUT2D eigenvalue weighted by Gasteiger charge is -2.35. The van der Waals surface area contributed by atoms with Crippen molar-refractivity contribution >= 4 is 6.03 Å². The summed E-state index contributed by atoms with van der Waals surface area (Å²) in [6, 6.07) is 0.494. The van der Waals surface area contributed by atoms with Crippen molar-refractivity contribution in [2.45, 2.75) is 51.5 Å². The highest BCUT2D eigenvalue weighted by atomic mass is 16.5. The van der Waals surface area contributed by atoms with E-state index in [0.29, 0.717) is 12.0 Å². The van der Waals surface area contributed by atoms with Gasteiger partial charge in [-0.3, -0.25) is 4.90 Å². The number of carbonyl (C=O) groups is 1. The average Bonchev–Trinajstić information content (AvgIpc) is 3.03. The summed E-state index contributed by atoms with van der Waals surface area (Å²) in [7, 11) is 0. The standard InChI is InChI=1S/C16H31N3O2/c1-2-3-8-19-9-5-4-6-15(19)12-18-16(20)17-11-14-7-10-21-13-14/h14-15H,2-13H2,1H3,(H2,17,18,20)/t14-,15+/m0/s1. The van der Waals surface area contributed by atoms with E-state index < -0.39 is 0 Å². The molecule has 2 saturated heterocycles. The van der Waals surface area contributed by atoms with Gasteiger partial charge in [0.25, 0.3) is 0 Å². The molecule has 2 fully saturated rings. The molecule has 0 aromatic heterocycles. The second-order valence-corrected chi connectivity index (χ2v) is 6.36. The van der Waals surface area contributed by atoms with Crippen molar-refractivity contribution in [3.05, 3.63) is 0 Å². The fourth-order valence-corrected chi connectivity index (χ4v) is 3.20. The van der Waals surface area contributed by atoms with Crippen molar-refractivity contribution < 1.29 is 9.53 Å². The molecule has 2 N–H and O–H groups in total. The van der Waals surface area contributed by atoms with Crippen LogP contribution in [-0.4, -0.2) is 56.4 Å². The van der Waals surface area contributed by atoms with Crippen LogP contribution in [0.15, 0.2) is 0 Å². The Bertz CT molecular complexity index is 306. The zero-order valence-corrected chi connectivity index (χ0v) is 13.4. The van der Waals surface area contributed by atoms with E-state index in [0.717, 1.165) is 32.7 Å². The number of ether oxygens (including phenoxy) is 1. The summed E-state index contributed by atoms with van der Waals surface area (Å²) < 4.78 is 5.32. The van der Waals surface area contributed by atoms with Gasteiger partial charge >= 0.3 is 6.03 Å². The van der Waals surface area contributed by atoms with Crippen LogP contribution in [-0.2, 0) is 4.74 Å². The minimum absolute atomic E-state index is 0.0251. The van der Waals surface area contributed by atoms with Crippen molar-refractivity contribution in [1.29, 1.82) is 0 Å². The average molecular weight is 297 g/mol. The van der Waals surface area contributed by atoms with Crippen molar-refractivity contribution in [2.24, 2.45) is 5.92 Å². The van der Waals surface area contributed by atoms with Gasteiger partial charge in [0.2, 0.25) is 0 Å². The van der Waals surface area contributed by atoms with Gasteiger partial charge < -0.3 is 15.4 Å². The molecule has 2 atom stereocenters. The van der Waals surface area contributed by atoms with E-state index in [-0.39, 0.29) is 6.03 Å². The molecule has 5 nitrogen and oxygen atoms in total. The van der Waals surface area contributed by atoms with E-state index in [9.17, 15) is 4.79 Å². The normalized spacial score (nSPS) is 26.7. The number of urea groups is 1. The molecule has 0 radical (unpaired) electrons. The zero-order chi connectivity index (χ0) is 14.9. The van der Waals surface area contributed by atoms with Crippen LogP contribution in [0.1, 0.15) is 45.4 Å². The molecule has 0 bridgehead atoms. The molecule has 0 saturated carbocycles. The van der Waals surface area contributed by atoms with Gasteiger partial charge in [0.15, 0.2) is 0 Å². The van der Waals surface area contributed by atoms with Gasteiger partial charge in [-0.25, -0.2) is 4.79 Å². The molecule has 21 heavy (non-hydrogen) atoms. The minimum Gasteiger partial charge on any atom is -0.381 e. The summed E-state index contributed by atoms with van der Waals surface area (Å²) in [5.74, 6) is 0.492. The first-order valence-corrected chi connectivity index (χ1v) is 8.63. The fourth-order valence-electron chi connectivity index (χ4n) is 3.20. The van der Waals surface area contributed by atoms with Gasteiger partial charge in [0.05, 0.1) is 6.61 Å². The molecule has 0 aromatic carbocycles. The van der Waals surface area contributed by atoms with Crippen LogP contribution in [0.5, 0.6) is 0 Å². The summed E-state index contributed by atoms with van der Waals surface area (Å²) in [5.41, 5.74) is 0. The molecule has 122 valence electrons. The summed E-state index contributed by atoms with van der Waals surface area (Å²) in [5, 5.41) is 6.02. The Kier molecular flexibility index (Phi) is 7.30. The van der Waals surface area contributed by atoms with Gasteiger partial charge in [-0.15, -0.1) is 0 Å². The van der Waals surface area contributed by atoms with E-state index in [1.54, 1.807) is 0 Å². The Labute approximate surface area is 128 Å². The molecule has 0 spiro atoms. The quantitative estimate of drug-likeness (QED) is 0.755. The predicted octanol–water partition coefficient (Wildman–Crippen LogP) is 1.98. The van der Waals surface area contributed by atoms with E-state index >= 15 is 0 Å². The van der Waals surface area contributed by atoms with E-state index in [1.165, 1.54) is 45.2 Å². The fraction of sp³-hybridized carbons (Fsp3) is 0.938. The van der Waals surface area contributed by atoms with Crippen LogP contribution in [0.25, 0.3) is 0 Å². The first kappa shape index (κ1) is 16.6. The lowest BCUT2D eigenvalue weighted by Crippen LogP contribution is -2.49. The van der Waals surface area contributed by atoms with Gasteiger partial charge in [-0.2, -0.15) is 0 Å². The number of piperidine rings is 1. The third kappa shape index (κ3) is 5.83. The number of rotatable bonds is 7. The molecule has 0 unspecified atom stereocenters. The molecule has 5 heteroatoms. The van der Waals surface area contributed by atoms with Crippen LogP contribution >= 0.6 is 0 Å². The van der Waals surface area contributed by atoms with Gasteiger partial charge in [0, 0.05) is 31.7 Å². The highest BCUT2D eigenvalue weighted by Gasteiger charge is 2.22. The second kappa shape index (κ2) is 9.26. The maximum absolute atomic E-state index is 11.9. The summed E-state index contributed by atoms with van der Waals surface area (Å²) >= 11 is 0. The number of carbonyl (C=O) groups excluding carboxylic acids is 1. The number of nitrogens with zero attached hydrogens (tertiary/aromatic N) is 1. The van der Waals surface area contributed by atoms with Crippen LogP contribution in [0.2, 0.25) is 0 Å². The van der Waals surface area contributed by atoms with Gasteiger partial charge in [-0.1, -0.05) is 19.8 Å². The predicted molar refractivity (Wildman–Crippen MR) is 84.4 cm³/mol. The SMILES string of the molecule is CCCCN1CCCC[C@@H]1CNC(=O)NC[C@@H]1CCOC1. The lowest BCUT2D eigenvalue weighted by atomic mass is 10.0. The Hall–Kier alpha value is -0.810. The number of hydrogen-bond acceptors (Lipinski definition) is 3. The number of unbranched alkanes of at least 4 members (excludes halogenated alkanes) is 1. The smallest absolute Gasteiger partial charge is 0.314 e. The Morgan fingerprint density at radius 1 is 1.24 bits per heavy atom. The van der Waals surface area contributed by atoms with Crippen molar-refractivity contribution in [3.8, 4) is 0 Å². The molecular formula is C16H31N3O2. The molecular weight excluding hydrogens is 266 g/mol. The Morgan fingerprint density at radius 2 is 2.10 bits per heavy atom. The number of nitrogens with one attached hydrogen (secondary N) is 2. The third-order valence-corrected chi connectivity index (χ3v) is 4.62. The van der Waals surface area contributed by atoms with Crippen LogP contribution in [0.4, 0.5) is 4.79 Å². The maximum atomic E-state index is 11.9. The number of amides is 2. The molecule has 2 amide bonds. The monoisotopic (exact) mass is 297 g/mol. The van der Waals surface area contributed by atoms with Crippen molar-refractivity contribution in [2.75, 3.05) is 39.4 Å². The topological polar surface area (TPSA) is 53.6 Å². The van der Waals surface area contributed by atoms with E-state index in [1.807, 2.05) is 0 Å². The highest BCUT2D eigenvalue weighted by molar-refractivity contribution is 5.73. The number of likely N-dealkylation sites (tertiary alicyclic amines) is 1. The molecule has 2 rings (SSSR count). The molecule has 0 aromatic rings. The first-order chi connectivity index (χ1) is 10.3. The second-order valence-electron chi connectivity index (χ2n) is 6.36. The van der Waals surface area contributed by atoms with Crippen LogP contribution in [0, 0.1) is 5.92 Å². The summed E-state index contributed by atoms with van der Waals surface area (Å²) in [6.07, 6.45) is 7.35. The van der Waals surface area contributed by atoms with Crippen molar-refractivity contribution in [1.82, 2.24) is 15.5 Å². The summed E-state index contributed by atoms with van der Waals surface area (Å²) in [4.78, 5) is 14.4. The van der Waals surface area contributed by atoms with Crippen molar-refractivity contribution in [3.63, 3.8) is 0 Å². The summed E-state index contributed by atoms with van der Waals surface area (Å²) in [6.45, 7) is 7.72. The molecule has 2 aliphatic rings. The zero-order valence-electron chi connectivity index (χ0n) is 13.4.